The van der Waals surface area contributed by atoms with Crippen LogP contribution in [-0.4, -0.2) is 15.8 Å². The molecular formula is C26H22N2O3. The Kier molecular flexibility index (Phi) is 5.31. The van der Waals surface area contributed by atoms with Crippen LogP contribution in [-0.2, 0) is 19.6 Å². The molecule has 5 rings (SSSR count). The Morgan fingerprint density at radius 1 is 0.839 bits per heavy atom. The third-order valence-corrected chi connectivity index (χ3v) is 5.44. The molecule has 0 amide bonds. The fourth-order valence-corrected chi connectivity index (χ4v) is 3.83. The number of carbonyl (C=O) groups is 1. The molecule has 0 bridgehead atoms. The second-order valence-corrected chi connectivity index (χ2v) is 7.67. The number of benzene rings is 3. The Labute approximate surface area is 180 Å². The quantitative estimate of drug-likeness (QED) is 0.431. The number of hydrogen-bond acceptors (Lipinski definition) is 5. The van der Waals surface area contributed by atoms with Gasteiger partial charge >= 0.3 is 0 Å². The maximum Gasteiger partial charge on any atom is 0.166 e. The van der Waals surface area contributed by atoms with Gasteiger partial charge in [0.2, 0.25) is 0 Å². The van der Waals surface area contributed by atoms with Crippen LogP contribution >= 0.6 is 0 Å². The van der Waals surface area contributed by atoms with E-state index in [-0.39, 0.29) is 5.78 Å². The maximum absolute atomic E-state index is 12.0. The lowest BCUT2D eigenvalue weighted by atomic mass is 9.90. The average molecular weight is 410 g/mol. The summed E-state index contributed by atoms with van der Waals surface area (Å²) in [5, 5.41) is 1.01. The Balaban J connectivity index is 1.22. The summed E-state index contributed by atoms with van der Waals surface area (Å²) in [6, 6.07) is 21.5. The molecule has 31 heavy (non-hydrogen) atoms. The minimum absolute atomic E-state index is 0.230. The van der Waals surface area contributed by atoms with Crippen LogP contribution in [0.25, 0.3) is 10.9 Å². The summed E-state index contributed by atoms with van der Waals surface area (Å²) in [4.78, 5) is 20.9. The summed E-state index contributed by atoms with van der Waals surface area (Å²) in [5.41, 5.74) is 3.84. The molecule has 0 saturated heterocycles. The lowest BCUT2D eigenvalue weighted by molar-refractivity contribution is 0.0972. The van der Waals surface area contributed by atoms with E-state index in [9.17, 15) is 4.79 Å². The van der Waals surface area contributed by atoms with E-state index >= 15 is 0 Å². The summed E-state index contributed by atoms with van der Waals surface area (Å²) in [7, 11) is 0. The van der Waals surface area contributed by atoms with Crippen molar-refractivity contribution >= 4 is 16.7 Å². The van der Waals surface area contributed by atoms with E-state index in [0.29, 0.717) is 25.5 Å². The van der Waals surface area contributed by atoms with Crippen molar-refractivity contribution in [2.75, 3.05) is 0 Å². The van der Waals surface area contributed by atoms with Gasteiger partial charge in [-0.05, 0) is 60.4 Å². The molecule has 3 aromatic carbocycles. The third kappa shape index (κ3) is 4.40. The minimum Gasteiger partial charge on any atom is -0.489 e. The van der Waals surface area contributed by atoms with Crippen LogP contribution < -0.4 is 9.47 Å². The molecule has 0 N–H and O–H groups in total. The maximum atomic E-state index is 12.0. The van der Waals surface area contributed by atoms with Gasteiger partial charge in [-0.2, -0.15) is 0 Å². The number of rotatable bonds is 6. The monoisotopic (exact) mass is 410 g/mol. The van der Waals surface area contributed by atoms with Crippen molar-refractivity contribution in [2.45, 2.75) is 32.5 Å². The first-order valence-electron chi connectivity index (χ1n) is 10.5. The van der Waals surface area contributed by atoms with Crippen molar-refractivity contribution in [3.8, 4) is 11.5 Å². The predicted octanol–water partition coefficient (Wildman–Crippen LogP) is 5.31. The lowest BCUT2D eigenvalue weighted by Gasteiger charge is -2.16. The van der Waals surface area contributed by atoms with Crippen LogP contribution in [0.1, 0.15) is 40.2 Å². The Bertz CT molecular complexity index is 1250. The van der Waals surface area contributed by atoms with Gasteiger partial charge in [-0.1, -0.05) is 30.3 Å². The van der Waals surface area contributed by atoms with Gasteiger partial charge in [0.05, 0.1) is 5.52 Å². The standard InChI is InChI=1S/C26H22N2O3/c29-25-10-4-7-19-14-22(11-12-23(19)25)30-16-18-5-3-8-21(13-18)31-17-26-27-15-20-6-1-2-9-24(20)28-26/h1-3,5-6,8-9,11-15H,4,7,10,16-17H2. The molecule has 0 atom stereocenters. The number of nitrogens with zero attached hydrogens (tertiary/aromatic N) is 2. The Morgan fingerprint density at radius 2 is 1.71 bits per heavy atom. The molecule has 1 aliphatic carbocycles. The molecule has 154 valence electrons. The minimum atomic E-state index is 0.230. The summed E-state index contributed by atoms with van der Waals surface area (Å²) in [5.74, 6) is 2.40. The number of carbonyl (C=O) groups excluding carboxylic acids is 1. The smallest absolute Gasteiger partial charge is 0.166 e. The summed E-state index contributed by atoms with van der Waals surface area (Å²) >= 11 is 0. The number of ketones is 1. The van der Waals surface area contributed by atoms with E-state index in [1.165, 1.54) is 0 Å². The molecule has 0 saturated carbocycles. The fourth-order valence-electron chi connectivity index (χ4n) is 3.83. The van der Waals surface area contributed by atoms with Crippen molar-refractivity contribution in [3.05, 3.63) is 95.4 Å². The van der Waals surface area contributed by atoms with Gasteiger partial charge in [0.25, 0.3) is 0 Å². The van der Waals surface area contributed by atoms with Gasteiger partial charge in [0.15, 0.2) is 11.6 Å². The van der Waals surface area contributed by atoms with Gasteiger partial charge in [0, 0.05) is 23.6 Å². The predicted molar refractivity (Wildman–Crippen MR) is 118 cm³/mol. The van der Waals surface area contributed by atoms with Crippen molar-refractivity contribution in [1.82, 2.24) is 9.97 Å². The largest absolute Gasteiger partial charge is 0.489 e. The van der Waals surface area contributed by atoms with Crippen LogP contribution in [0.4, 0.5) is 0 Å². The van der Waals surface area contributed by atoms with Crippen LogP contribution in [0.15, 0.2) is 72.9 Å². The third-order valence-electron chi connectivity index (χ3n) is 5.44. The Morgan fingerprint density at radius 3 is 2.68 bits per heavy atom. The van der Waals surface area contributed by atoms with Crippen LogP contribution in [0, 0.1) is 0 Å². The van der Waals surface area contributed by atoms with Gasteiger partial charge in [-0.3, -0.25) is 4.79 Å². The highest BCUT2D eigenvalue weighted by Crippen LogP contribution is 2.26. The van der Waals surface area contributed by atoms with Crippen molar-refractivity contribution in [3.63, 3.8) is 0 Å². The molecule has 5 nitrogen and oxygen atoms in total. The molecule has 5 heteroatoms. The molecule has 1 aliphatic rings. The highest BCUT2D eigenvalue weighted by atomic mass is 16.5. The first-order valence-corrected chi connectivity index (χ1v) is 10.5. The van der Waals surface area contributed by atoms with Gasteiger partial charge in [0.1, 0.15) is 24.7 Å². The first-order chi connectivity index (χ1) is 15.2. The SMILES string of the molecule is O=C1CCCc2cc(OCc3cccc(OCc4ncc5ccccc5n4)c3)ccc21. The zero-order valence-electron chi connectivity index (χ0n) is 17.1. The van der Waals surface area contributed by atoms with Crippen molar-refractivity contribution in [1.29, 1.82) is 0 Å². The average Bonchev–Trinajstić information content (AvgIpc) is 2.82. The number of aryl methyl sites for hydroxylation is 1. The van der Waals surface area contributed by atoms with E-state index in [4.69, 9.17) is 9.47 Å². The number of aromatic nitrogens is 2. The summed E-state index contributed by atoms with van der Waals surface area (Å²) in [6.07, 6.45) is 4.30. The lowest BCUT2D eigenvalue weighted by Crippen LogP contribution is -2.10. The molecule has 1 aromatic heterocycles. The number of fused-ring (bicyclic) bond motifs is 2. The van der Waals surface area contributed by atoms with E-state index in [1.54, 1.807) is 0 Å². The molecule has 0 unspecified atom stereocenters. The molecule has 0 spiro atoms. The number of Topliss-reactive ketones (excluding diaryl/α,β-unsaturated/α-hetero) is 1. The molecule has 1 heterocycles. The molecule has 0 radical (unpaired) electrons. The summed E-state index contributed by atoms with van der Waals surface area (Å²) < 4.78 is 11.9. The Hall–Kier alpha value is -3.73. The number of para-hydroxylation sites is 1. The highest BCUT2D eigenvalue weighted by Gasteiger charge is 2.17. The first kappa shape index (κ1) is 19.2. The molecule has 0 aliphatic heterocycles. The second kappa shape index (κ2) is 8.56. The van der Waals surface area contributed by atoms with Crippen molar-refractivity contribution < 1.29 is 14.3 Å². The van der Waals surface area contributed by atoms with Crippen LogP contribution in [0.5, 0.6) is 11.5 Å². The van der Waals surface area contributed by atoms with E-state index < -0.39 is 0 Å². The number of hydrogen-bond donors (Lipinski definition) is 0. The number of ether oxygens (including phenoxy) is 2. The zero-order chi connectivity index (χ0) is 21.0. The fraction of sp³-hybridized carbons (Fsp3) is 0.192. The van der Waals surface area contributed by atoms with Gasteiger partial charge < -0.3 is 9.47 Å². The van der Waals surface area contributed by atoms with Gasteiger partial charge in [-0.15, -0.1) is 0 Å². The normalized spacial score (nSPS) is 13.1. The van der Waals surface area contributed by atoms with Crippen LogP contribution in [0.2, 0.25) is 0 Å². The topological polar surface area (TPSA) is 61.3 Å². The summed E-state index contributed by atoms with van der Waals surface area (Å²) in [6.45, 7) is 0.727. The highest BCUT2D eigenvalue weighted by molar-refractivity contribution is 5.98. The zero-order valence-corrected chi connectivity index (χ0v) is 17.1. The van der Waals surface area contributed by atoms with E-state index in [2.05, 4.69) is 9.97 Å². The second-order valence-electron chi connectivity index (χ2n) is 7.67. The molecule has 4 aromatic rings. The van der Waals surface area contributed by atoms with Crippen molar-refractivity contribution in [2.24, 2.45) is 0 Å². The molecule has 0 fully saturated rings. The molecular weight excluding hydrogens is 388 g/mol. The van der Waals surface area contributed by atoms with Gasteiger partial charge in [-0.25, -0.2) is 9.97 Å². The van der Waals surface area contributed by atoms with Crippen LogP contribution in [0.3, 0.4) is 0 Å². The van der Waals surface area contributed by atoms with E-state index in [1.807, 2.05) is 72.9 Å². The van der Waals surface area contributed by atoms with E-state index in [0.717, 1.165) is 51.9 Å².